The predicted octanol–water partition coefficient (Wildman–Crippen LogP) is 15.6. The Hall–Kier alpha value is -3.74. The molecule has 0 nitrogen and oxygen atoms in total. The van der Waals surface area contributed by atoms with E-state index in [0.717, 1.165) is 24.0 Å². The van der Waals surface area contributed by atoms with Crippen molar-refractivity contribution in [2.24, 2.45) is 0 Å². The summed E-state index contributed by atoms with van der Waals surface area (Å²) in [5.74, 6) is 13.8. The van der Waals surface area contributed by atoms with Crippen molar-refractivity contribution in [3.8, 4) is 23.7 Å². The van der Waals surface area contributed by atoms with Gasteiger partial charge in [0.05, 0.1) is 0 Å². The van der Waals surface area contributed by atoms with E-state index < -0.39 is 0 Å². The van der Waals surface area contributed by atoms with E-state index in [1.165, 1.54) is 172 Å². The molecule has 0 aromatic heterocycles. The third kappa shape index (κ3) is 12.2. The third-order valence-corrected chi connectivity index (χ3v) is 10.5. The summed E-state index contributed by atoms with van der Waals surface area (Å²) in [7, 11) is 0. The molecular weight excluding hydrogens is 601 g/mol. The number of hydrogen-bond acceptors (Lipinski definition) is 0. The van der Waals surface area contributed by atoms with Gasteiger partial charge in [-0.3, -0.25) is 0 Å². The van der Waals surface area contributed by atoms with Gasteiger partial charge >= 0.3 is 0 Å². The Balaban J connectivity index is 1.12. The molecule has 50 heavy (non-hydrogen) atoms. The van der Waals surface area contributed by atoms with Gasteiger partial charge in [0.1, 0.15) is 0 Å². The van der Waals surface area contributed by atoms with Gasteiger partial charge in [0, 0.05) is 24.0 Å². The maximum Gasteiger partial charge on any atom is 0.0251 e. The molecule has 0 saturated carbocycles. The van der Waals surface area contributed by atoms with Crippen LogP contribution in [0, 0.1) is 23.7 Å². The van der Waals surface area contributed by atoms with Gasteiger partial charge in [-0.1, -0.05) is 165 Å². The van der Waals surface area contributed by atoms with Crippen molar-refractivity contribution in [3.63, 3.8) is 0 Å². The van der Waals surface area contributed by atoms with Crippen molar-refractivity contribution in [3.05, 3.63) is 83.9 Å². The standard InChI is InChI=1S/C50H62/c1-3-5-7-9-11-13-15-17-19-21-23-25-27-41-29-31-43-35-47-40-50-38-46-34-42(28-26-24-22-20-18-16-14-12-10-8-6-4-2)30-32-44(46)36-48(50)39-49(47)37-45(43)33-41/h29-40H,3-24H2,1-2H3. The van der Waals surface area contributed by atoms with Gasteiger partial charge in [0.25, 0.3) is 0 Å². The molecule has 0 spiro atoms. The fraction of sp³-hybridized carbons (Fsp3) is 0.480. The Bertz CT molecular complexity index is 1760. The summed E-state index contributed by atoms with van der Waals surface area (Å²) < 4.78 is 0. The molecular formula is C50H62. The summed E-state index contributed by atoms with van der Waals surface area (Å²) in [6.07, 6.45) is 29.4. The van der Waals surface area contributed by atoms with Crippen LogP contribution in [0.5, 0.6) is 0 Å². The summed E-state index contributed by atoms with van der Waals surface area (Å²) in [5, 5.41) is 10.2. The third-order valence-electron chi connectivity index (χ3n) is 10.5. The number of unbranched alkanes of at least 4 members (excludes halogenated alkanes) is 20. The fourth-order valence-electron chi connectivity index (χ4n) is 7.39. The minimum absolute atomic E-state index is 1.000. The molecule has 5 aromatic rings. The Morgan fingerprint density at radius 2 is 0.580 bits per heavy atom. The summed E-state index contributed by atoms with van der Waals surface area (Å²) in [4.78, 5) is 0. The highest BCUT2D eigenvalue weighted by molar-refractivity contribution is 6.08. The molecule has 5 rings (SSSR count). The normalized spacial score (nSPS) is 11.2. The first-order valence-corrected chi connectivity index (χ1v) is 20.6. The molecule has 0 saturated heterocycles. The smallest absolute Gasteiger partial charge is 0.0251 e. The molecule has 0 unspecified atom stereocenters. The van der Waals surface area contributed by atoms with Crippen LogP contribution in [0.3, 0.4) is 0 Å². The molecule has 0 aliphatic heterocycles. The average molecular weight is 663 g/mol. The fourth-order valence-corrected chi connectivity index (χ4v) is 7.39. The van der Waals surface area contributed by atoms with E-state index in [1.807, 2.05) is 0 Å². The highest BCUT2D eigenvalue weighted by Crippen LogP contribution is 2.31. The maximum atomic E-state index is 3.45. The number of hydrogen-bond donors (Lipinski definition) is 0. The monoisotopic (exact) mass is 662 g/mol. The van der Waals surface area contributed by atoms with Gasteiger partial charge in [-0.05, 0) is 117 Å². The van der Waals surface area contributed by atoms with Gasteiger partial charge in [0.15, 0.2) is 0 Å². The van der Waals surface area contributed by atoms with E-state index in [4.69, 9.17) is 0 Å². The Kier molecular flexibility index (Phi) is 16.1. The highest BCUT2D eigenvalue weighted by Gasteiger charge is 2.05. The first-order valence-electron chi connectivity index (χ1n) is 20.6. The van der Waals surface area contributed by atoms with Gasteiger partial charge < -0.3 is 0 Å². The Labute approximate surface area is 304 Å². The molecule has 0 radical (unpaired) electrons. The molecule has 0 bridgehead atoms. The minimum Gasteiger partial charge on any atom is -0.0979 e. The lowest BCUT2D eigenvalue weighted by Gasteiger charge is -2.08. The molecule has 5 aromatic carbocycles. The quantitative estimate of drug-likeness (QED) is 0.0442. The second-order valence-corrected chi connectivity index (χ2v) is 14.8. The molecule has 0 heteroatoms. The maximum absolute atomic E-state index is 3.45. The first kappa shape index (κ1) is 37.5. The van der Waals surface area contributed by atoms with Gasteiger partial charge in [-0.25, -0.2) is 0 Å². The second kappa shape index (κ2) is 21.5. The summed E-state index contributed by atoms with van der Waals surface area (Å²) in [6, 6.07) is 27.5. The van der Waals surface area contributed by atoms with Crippen LogP contribution in [0.4, 0.5) is 0 Å². The van der Waals surface area contributed by atoms with Crippen molar-refractivity contribution in [1.82, 2.24) is 0 Å². The zero-order valence-corrected chi connectivity index (χ0v) is 31.5. The summed E-state index contributed by atoms with van der Waals surface area (Å²) in [6.45, 7) is 4.58. The summed E-state index contributed by atoms with van der Waals surface area (Å²) in [5.41, 5.74) is 2.25. The van der Waals surface area contributed by atoms with E-state index in [1.54, 1.807) is 0 Å². The van der Waals surface area contributed by atoms with Crippen LogP contribution in [0.15, 0.2) is 72.8 Å². The molecule has 0 amide bonds. The SMILES string of the molecule is CCCCCCCCCCCCC#Cc1ccc2cc3cc4cc5cc(C#CCCCCCCCCCCCC)ccc5cc4cc3cc2c1. The molecule has 0 atom stereocenters. The largest absolute Gasteiger partial charge is 0.0979 e. The van der Waals surface area contributed by atoms with Crippen LogP contribution in [-0.2, 0) is 0 Å². The lowest BCUT2D eigenvalue weighted by atomic mass is 9.96. The van der Waals surface area contributed by atoms with Crippen molar-refractivity contribution >= 4 is 43.1 Å². The van der Waals surface area contributed by atoms with E-state index >= 15 is 0 Å². The Morgan fingerprint density at radius 3 is 0.920 bits per heavy atom. The number of benzene rings is 5. The van der Waals surface area contributed by atoms with Crippen molar-refractivity contribution in [1.29, 1.82) is 0 Å². The highest BCUT2D eigenvalue weighted by atomic mass is 14.1. The minimum atomic E-state index is 1.000. The zero-order valence-electron chi connectivity index (χ0n) is 31.5. The second-order valence-electron chi connectivity index (χ2n) is 14.8. The van der Waals surface area contributed by atoms with Crippen molar-refractivity contribution in [2.75, 3.05) is 0 Å². The molecule has 0 aliphatic rings. The van der Waals surface area contributed by atoms with Crippen LogP contribution in [0.1, 0.15) is 166 Å². The lowest BCUT2D eigenvalue weighted by Crippen LogP contribution is -1.83. The van der Waals surface area contributed by atoms with Gasteiger partial charge in [0.2, 0.25) is 0 Å². The van der Waals surface area contributed by atoms with Crippen LogP contribution in [-0.4, -0.2) is 0 Å². The van der Waals surface area contributed by atoms with Crippen LogP contribution >= 0.6 is 0 Å². The number of fused-ring (bicyclic) bond motifs is 4. The van der Waals surface area contributed by atoms with E-state index in [2.05, 4.69) is 110 Å². The molecule has 262 valence electrons. The summed E-state index contributed by atoms with van der Waals surface area (Å²) >= 11 is 0. The molecule has 0 N–H and O–H groups in total. The van der Waals surface area contributed by atoms with E-state index in [0.29, 0.717) is 0 Å². The Morgan fingerprint density at radius 1 is 0.300 bits per heavy atom. The van der Waals surface area contributed by atoms with Crippen LogP contribution in [0.25, 0.3) is 43.1 Å². The van der Waals surface area contributed by atoms with Crippen LogP contribution in [0.2, 0.25) is 0 Å². The molecule has 0 aliphatic carbocycles. The van der Waals surface area contributed by atoms with Crippen LogP contribution < -0.4 is 0 Å². The van der Waals surface area contributed by atoms with Crippen molar-refractivity contribution < 1.29 is 0 Å². The first-order chi connectivity index (χ1) is 24.7. The topological polar surface area (TPSA) is 0 Å². The molecule has 0 fully saturated rings. The van der Waals surface area contributed by atoms with E-state index in [-0.39, 0.29) is 0 Å². The van der Waals surface area contributed by atoms with Gasteiger partial charge in [-0.15, -0.1) is 0 Å². The molecule has 0 heterocycles. The predicted molar refractivity (Wildman–Crippen MR) is 223 cm³/mol. The lowest BCUT2D eigenvalue weighted by molar-refractivity contribution is 0.558. The van der Waals surface area contributed by atoms with Gasteiger partial charge in [-0.2, -0.15) is 0 Å². The van der Waals surface area contributed by atoms with E-state index in [9.17, 15) is 0 Å². The zero-order chi connectivity index (χ0) is 34.6. The average Bonchev–Trinajstić information content (AvgIpc) is 3.13. The van der Waals surface area contributed by atoms with Crippen molar-refractivity contribution in [2.45, 2.75) is 155 Å². The number of rotatable bonds is 20.